The van der Waals surface area contributed by atoms with Crippen LogP contribution in [0.2, 0.25) is 0 Å². The molecule has 2 nitrogen and oxygen atoms in total. The van der Waals surface area contributed by atoms with E-state index >= 15 is 0 Å². The van der Waals surface area contributed by atoms with E-state index in [1.54, 1.807) is 17.5 Å². The Hall–Kier alpha value is -1.65. The van der Waals surface area contributed by atoms with Gasteiger partial charge in [0.1, 0.15) is 0 Å². The van der Waals surface area contributed by atoms with E-state index in [2.05, 4.69) is 11.1 Å². The third kappa shape index (κ3) is 2.39. The fourth-order valence-corrected chi connectivity index (χ4v) is 4.94. The lowest BCUT2D eigenvalue weighted by Crippen LogP contribution is -1.98. The van der Waals surface area contributed by atoms with Crippen LogP contribution in [0.1, 0.15) is 25.7 Å². The normalized spacial score (nSPS) is 14.1. The first-order valence-electron chi connectivity index (χ1n) is 6.90. The lowest BCUT2D eigenvalue weighted by atomic mass is 10.1. The molecule has 1 aliphatic heterocycles. The molecule has 21 heavy (non-hydrogen) atoms. The van der Waals surface area contributed by atoms with Gasteiger partial charge < -0.3 is 0 Å². The Morgan fingerprint density at radius 2 is 2.14 bits per heavy atom. The molecule has 0 saturated carbocycles. The van der Waals surface area contributed by atoms with Crippen LogP contribution in [-0.4, -0.2) is 16.5 Å². The Balaban J connectivity index is 1.73. The number of aromatic nitrogens is 1. The van der Waals surface area contributed by atoms with Gasteiger partial charge in [-0.3, -0.25) is 9.78 Å². The van der Waals surface area contributed by atoms with Crippen molar-refractivity contribution in [2.45, 2.75) is 12.2 Å². The molecule has 0 fully saturated rings. The van der Waals surface area contributed by atoms with Crippen molar-refractivity contribution in [2.24, 2.45) is 0 Å². The fourth-order valence-electron chi connectivity index (χ4n) is 2.61. The fraction of sp³-hybridized carbons (Fsp3) is 0.176. The van der Waals surface area contributed by atoms with E-state index in [0.29, 0.717) is 0 Å². The molecule has 0 bridgehead atoms. The van der Waals surface area contributed by atoms with Crippen LogP contribution in [0.25, 0.3) is 10.9 Å². The van der Waals surface area contributed by atoms with Crippen LogP contribution in [0.3, 0.4) is 0 Å². The highest BCUT2D eigenvalue weighted by atomic mass is 32.2. The molecule has 0 aliphatic carbocycles. The second kappa shape index (κ2) is 5.28. The Morgan fingerprint density at radius 1 is 1.19 bits per heavy atom. The lowest BCUT2D eigenvalue weighted by molar-refractivity contribution is 0.104. The molecule has 0 atom stereocenters. The molecule has 3 heterocycles. The van der Waals surface area contributed by atoms with Gasteiger partial charge in [0.15, 0.2) is 0 Å². The number of ketones is 1. The summed E-state index contributed by atoms with van der Waals surface area (Å²) in [5.74, 6) is 2.33. The van der Waals surface area contributed by atoms with E-state index in [-0.39, 0.29) is 5.78 Å². The maximum Gasteiger partial charge on any atom is 0.203 e. The second-order valence-electron chi connectivity index (χ2n) is 5.10. The van der Waals surface area contributed by atoms with Crippen LogP contribution >= 0.6 is 23.1 Å². The van der Waals surface area contributed by atoms with Crippen LogP contribution in [-0.2, 0) is 12.2 Å². The summed E-state index contributed by atoms with van der Waals surface area (Å²) in [4.78, 5) is 19.3. The van der Waals surface area contributed by atoms with E-state index < -0.39 is 0 Å². The summed E-state index contributed by atoms with van der Waals surface area (Å²) in [6.07, 6.45) is 2.86. The number of benzene rings is 1. The summed E-state index contributed by atoms with van der Waals surface area (Å²) in [7, 11) is 0. The number of carbonyl (C=O) groups excluding carboxylic acids is 1. The van der Waals surface area contributed by atoms with Gasteiger partial charge in [0.2, 0.25) is 5.78 Å². The zero-order valence-electron chi connectivity index (χ0n) is 11.3. The van der Waals surface area contributed by atoms with Gasteiger partial charge in [-0.25, -0.2) is 0 Å². The molecule has 0 N–H and O–H groups in total. The van der Waals surface area contributed by atoms with Gasteiger partial charge in [-0.1, -0.05) is 18.2 Å². The topological polar surface area (TPSA) is 30.0 Å². The monoisotopic (exact) mass is 311 g/mol. The standard InChI is InChI=1S/C17H13NOS2/c19-17(16-9-13-10-20-7-5-15(13)21-16)12-4-3-11-2-1-6-18-14(11)8-12/h1-4,6,8-9H,5,7,10H2. The molecule has 104 valence electrons. The second-order valence-corrected chi connectivity index (χ2v) is 7.34. The molecule has 3 aromatic rings. The largest absolute Gasteiger partial charge is 0.288 e. The van der Waals surface area contributed by atoms with Crippen LogP contribution in [0.15, 0.2) is 42.6 Å². The lowest BCUT2D eigenvalue weighted by Gasteiger charge is -2.08. The smallest absolute Gasteiger partial charge is 0.203 e. The quantitative estimate of drug-likeness (QED) is 0.660. The molecule has 2 aromatic heterocycles. The Labute approximate surface area is 131 Å². The van der Waals surface area contributed by atoms with Crippen molar-refractivity contribution in [3.8, 4) is 0 Å². The van der Waals surface area contributed by atoms with E-state index in [9.17, 15) is 4.79 Å². The van der Waals surface area contributed by atoms with Gasteiger partial charge >= 0.3 is 0 Å². The van der Waals surface area contributed by atoms with Crippen molar-refractivity contribution in [3.63, 3.8) is 0 Å². The number of aryl methyl sites for hydroxylation is 1. The van der Waals surface area contributed by atoms with Crippen molar-refractivity contribution in [3.05, 3.63) is 63.5 Å². The summed E-state index contributed by atoms with van der Waals surface area (Å²) in [5.41, 5.74) is 2.95. The molecule has 1 aliphatic rings. The van der Waals surface area contributed by atoms with Gasteiger partial charge in [-0.05, 0) is 35.9 Å². The molecular formula is C17H13NOS2. The van der Waals surface area contributed by atoms with Crippen molar-refractivity contribution >= 4 is 39.8 Å². The Morgan fingerprint density at radius 3 is 3.05 bits per heavy atom. The maximum absolute atomic E-state index is 12.7. The van der Waals surface area contributed by atoms with E-state index in [1.807, 2.05) is 42.1 Å². The van der Waals surface area contributed by atoms with Crippen molar-refractivity contribution in [2.75, 3.05) is 5.75 Å². The Kier molecular flexibility index (Phi) is 3.28. The van der Waals surface area contributed by atoms with Crippen molar-refractivity contribution in [1.82, 2.24) is 4.98 Å². The number of carbonyl (C=O) groups is 1. The van der Waals surface area contributed by atoms with E-state index in [0.717, 1.165) is 33.5 Å². The number of nitrogens with zero attached hydrogens (tertiary/aromatic N) is 1. The number of thioether (sulfide) groups is 1. The SMILES string of the molecule is O=C(c1ccc2cccnc2c1)c1cc2c(s1)CCSC2. The Bertz CT molecular complexity index is 814. The number of rotatable bonds is 2. The first-order valence-corrected chi connectivity index (χ1v) is 8.87. The molecule has 1 aromatic carbocycles. The summed E-state index contributed by atoms with van der Waals surface area (Å²) in [5, 5.41) is 1.07. The highest BCUT2D eigenvalue weighted by Crippen LogP contribution is 2.33. The molecule has 0 unspecified atom stereocenters. The van der Waals surface area contributed by atoms with Crippen LogP contribution < -0.4 is 0 Å². The van der Waals surface area contributed by atoms with Crippen LogP contribution in [0, 0.1) is 0 Å². The number of hydrogen-bond donors (Lipinski definition) is 0. The molecule has 0 amide bonds. The summed E-state index contributed by atoms with van der Waals surface area (Å²) >= 11 is 3.61. The first kappa shape index (κ1) is 13.0. The molecular weight excluding hydrogens is 298 g/mol. The molecule has 0 saturated heterocycles. The van der Waals surface area contributed by atoms with Gasteiger partial charge in [0.05, 0.1) is 10.4 Å². The molecule has 4 heteroatoms. The highest BCUT2D eigenvalue weighted by molar-refractivity contribution is 7.98. The number of thiophene rings is 1. The number of pyridine rings is 1. The maximum atomic E-state index is 12.7. The number of fused-ring (bicyclic) bond motifs is 2. The summed E-state index contributed by atoms with van der Waals surface area (Å²) in [6.45, 7) is 0. The molecule has 0 spiro atoms. The average molecular weight is 311 g/mol. The van der Waals surface area contributed by atoms with Gasteiger partial charge in [-0.15, -0.1) is 11.3 Å². The third-order valence-corrected chi connectivity index (χ3v) is 5.96. The van der Waals surface area contributed by atoms with E-state index in [1.165, 1.54) is 16.2 Å². The van der Waals surface area contributed by atoms with E-state index in [4.69, 9.17) is 0 Å². The van der Waals surface area contributed by atoms with Crippen LogP contribution in [0.4, 0.5) is 0 Å². The predicted molar refractivity (Wildman–Crippen MR) is 89.4 cm³/mol. The zero-order valence-corrected chi connectivity index (χ0v) is 13.0. The van der Waals surface area contributed by atoms with Crippen molar-refractivity contribution in [1.29, 1.82) is 0 Å². The van der Waals surface area contributed by atoms with Gasteiger partial charge in [-0.2, -0.15) is 11.8 Å². The van der Waals surface area contributed by atoms with Crippen molar-refractivity contribution < 1.29 is 4.79 Å². The van der Waals surface area contributed by atoms with Crippen LogP contribution in [0.5, 0.6) is 0 Å². The molecule has 0 radical (unpaired) electrons. The minimum Gasteiger partial charge on any atom is -0.288 e. The first-order chi connectivity index (χ1) is 10.3. The average Bonchev–Trinajstić information content (AvgIpc) is 2.97. The number of hydrogen-bond acceptors (Lipinski definition) is 4. The zero-order chi connectivity index (χ0) is 14.2. The van der Waals surface area contributed by atoms with Gasteiger partial charge in [0.25, 0.3) is 0 Å². The third-order valence-electron chi connectivity index (χ3n) is 3.72. The van der Waals surface area contributed by atoms with Gasteiger partial charge in [0, 0.05) is 27.8 Å². The predicted octanol–water partition coefficient (Wildman–Crippen LogP) is 4.32. The minimum absolute atomic E-state index is 0.118. The summed E-state index contributed by atoms with van der Waals surface area (Å²) in [6, 6.07) is 11.8. The summed E-state index contributed by atoms with van der Waals surface area (Å²) < 4.78 is 0. The highest BCUT2D eigenvalue weighted by Gasteiger charge is 2.18. The minimum atomic E-state index is 0.118. The molecule has 4 rings (SSSR count).